The van der Waals surface area contributed by atoms with E-state index in [9.17, 15) is 9.18 Å². The number of ether oxygens (including phenoxy) is 1. The number of piperidine rings is 1. The lowest BCUT2D eigenvalue weighted by atomic mass is 10.0. The predicted octanol–water partition coefficient (Wildman–Crippen LogP) is 1.55. The fourth-order valence-corrected chi connectivity index (χ4v) is 1.66. The largest absolute Gasteiger partial charge is 0.444 e. The van der Waals surface area contributed by atoms with Gasteiger partial charge in [0, 0.05) is 13.6 Å². The van der Waals surface area contributed by atoms with Crippen LogP contribution in [0, 0.1) is 0 Å². The van der Waals surface area contributed by atoms with Gasteiger partial charge >= 0.3 is 6.09 Å². The van der Waals surface area contributed by atoms with E-state index in [1.165, 1.54) is 4.90 Å². The molecular formula is C11H21FN2O2. The van der Waals surface area contributed by atoms with E-state index in [4.69, 9.17) is 4.74 Å². The topological polar surface area (TPSA) is 41.6 Å². The molecule has 94 valence electrons. The third kappa shape index (κ3) is 3.63. The number of hydrogen-bond donors (Lipinski definition) is 1. The second kappa shape index (κ2) is 4.99. The van der Waals surface area contributed by atoms with E-state index in [-0.39, 0.29) is 0 Å². The third-order valence-electron chi connectivity index (χ3n) is 2.55. The first kappa shape index (κ1) is 13.2. The maximum absolute atomic E-state index is 13.6. The number of rotatable bonds is 1. The summed E-state index contributed by atoms with van der Waals surface area (Å²) < 4.78 is 18.8. The van der Waals surface area contributed by atoms with E-state index < -0.39 is 23.9 Å². The van der Waals surface area contributed by atoms with E-state index in [0.717, 1.165) is 0 Å². The Hall–Kier alpha value is -0.840. The van der Waals surface area contributed by atoms with Crippen LogP contribution in [-0.4, -0.2) is 48.9 Å². The zero-order valence-electron chi connectivity index (χ0n) is 10.4. The number of carbonyl (C=O) groups excluding carboxylic acids is 1. The van der Waals surface area contributed by atoms with E-state index in [2.05, 4.69) is 5.32 Å². The highest BCUT2D eigenvalue weighted by atomic mass is 19.1. The second-order valence-electron chi connectivity index (χ2n) is 5.17. The Morgan fingerprint density at radius 2 is 2.12 bits per heavy atom. The van der Waals surface area contributed by atoms with Crippen LogP contribution in [0.5, 0.6) is 0 Å². The van der Waals surface area contributed by atoms with Crippen LogP contribution >= 0.6 is 0 Å². The summed E-state index contributed by atoms with van der Waals surface area (Å²) in [7, 11) is 1.58. The summed E-state index contributed by atoms with van der Waals surface area (Å²) >= 11 is 0. The van der Waals surface area contributed by atoms with Gasteiger partial charge in [-0.2, -0.15) is 0 Å². The van der Waals surface area contributed by atoms with E-state index >= 15 is 0 Å². The normalized spacial score (nSPS) is 26.3. The van der Waals surface area contributed by atoms with Crippen molar-refractivity contribution < 1.29 is 13.9 Å². The van der Waals surface area contributed by atoms with Crippen molar-refractivity contribution in [2.75, 3.05) is 20.1 Å². The molecular weight excluding hydrogens is 211 g/mol. The Labute approximate surface area is 96.1 Å². The fraction of sp³-hybridized carbons (Fsp3) is 0.909. The van der Waals surface area contributed by atoms with Gasteiger partial charge in [0.25, 0.3) is 0 Å². The van der Waals surface area contributed by atoms with Crippen molar-refractivity contribution in [3.8, 4) is 0 Å². The fourth-order valence-electron chi connectivity index (χ4n) is 1.66. The minimum atomic E-state index is -0.973. The molecule has 0 aromatic carbocycles. The Bertz CT molecular complexity index is 253. The highest BCUT2D eigenvalue weighted by Gasteiger charge is 2.32. The van der Waals surface area contributed by atoms with Crippen LogP contribution in [0.2, 0.25) is 0 Å². The molecule has 1 N–H and O–H groups in total. The molecule has 0 aromatic rings. The summed E-state index contributed by atoms with van der Waals surface area (Å²) in [6.07, 6.45) is -1.000. The number of hydrogen-bond acceptors (Lipinski definition) is 3. The predicted molar refractivity (Wildman–Crippen MR) is 60.2 cm³/mol. The second-order valence-corrected chi connectivity index (χ2v) is 5.17. The van der Waals surface area contributed by atoms with Crippen molar-refractivity contribution in [3.05, 3.63) is 0 Å². The molecule has 0 saturated carbocycles. The first-order valence-corrected chi connectivity index (χ1v) is 5.62. The molecule has 1 amide bonds. The van der Waals surface area contributed by atoms with Crippen LogP contribution < -0.4 is 5.32 Å². The summed E-state index contributed by atoms with van der Waals surface area (Å²) in [5.74, 6) is 0. The Morgan fingerprint density at radius 3 is 2.62 bits per heavy atom. The van der Waals surface area contributed by atoms with Crippen LogP contribution in [0.4, 0.5) is 9.18 Å². The smallest absolute Gasteiger partial charge is 0.410 e. The molecule has 1 saturated heterocycles. The standard InChI is InChI=1S/C11H21FN2O2/c1-11(2,3)16-10(15)14(4)9-7-13-6-5-8(9)12/h8-9,13H,5-7H2,1-4H3. The summed E-state index contributed by atoms with van der Waals surface area (Å²) in [5.41, 5.74) is -0.542. The van der Waals surface area contributed by atoms with Gasteiger partial charge in [-0.15, -0.1) is 0 Å². The molecule has 16 heavy (non-hydrogen) atoms. The van der Waals surface area contributed by atoms with Gasteiger partial charge in [0.2, 0.25) is 0 Å². The average molecular weight is 232 g/mol. The van der Waals surface area contributed by atoms with Crippen molar-refractivity contribution in [3.63, 3.8) is 0 Å². The molecule has 0 spiro atoms. The van der Waals surface area contributed by atoms with Gasteiger partial charge < -0.3 is 15.0 Å². The molecule has 1 fully saturated rings. The lowest BCUT2D eigenvalue weighted by Crippen LogP contribution is -2.53. The minimum Gasteiger partial charge on any atom is -0.444 e. The first-order valence-electron chi connectivity index (χ1n) is 5.62. The maximum atomic E-state index is 13.6. The van der Waals surface area contributed by atoms with Crippen LogP contribution in [-0.2, 0) is 4.74 Å². The summed E-state index contributed by atoms with van der Waals surface area (Å²) in [5, 5.41) is 3.07. The molecule has 2 unspecified atom stereocenters. The summed E-state index contributed by atoms with van der Waals surface area (Å²) in [6.45, 7) is 6.54. The number of nitrogens with zero attached hydrogens (tertiary/aromatic N) is 1. The number of halogens is 1. The number of carbonyl (C=O) groups is 1. The van der Waals surface area contributed by atoms with Crippen LogP contribution in [0.3, 0.4) is 0 Å². The van der Waals surface area contributed by atoms with Gasteiger partial charge in [-0.25, -0.2) is 9.18 Å². The monoisotopic (exact) mass is 232 g/mol. The Kier molecular flexibility index (Phi) is 4.13. The summed E-state index contributed by atoms with van der Waals surface area (Å²) in [6, 6.07) is -0.427. The van der Waals surface area contributed by atoms with Gasteiger partial charge in [-0.3, -0.25) is 0 Å². The highest BCUT2D eigenvalue weighted by Crippen LogP contribution is 2.16. The molecule has 0 radical (unpaired) electrons. The number of amides is 1. The van der Waals surface area contributed by atoms with E-state index in [0.29, 0.717) is 19.5 Å². The van der Waals surface area contributed by atoms with E-state index in [1.807, 2.05) is 0 Å². The van der Waals surface area contributed by atoms with Gasteiger partial charge in [0.05, 0.1) is 6.04 Å². The lowest BCUT2D eigenvalue weighted by Gasteiger charge is -2.35. The number of nitrogens with one attached hydrogen (secondary N) is 1. The minimum absolute atomic E-state index is 0.427. The molecule has 4 nitrogen and oxygen atoms in total. The molecule has 1 aliphatic heterocycles. The molecule has 0 aliphatic carbocycles. The van der Waals surface area contributed by atoms with Gasteiger partial charge in [0.1, 0.15) is 11.8 Å². The van der Waals surface area contributed by atoms with Gasteiger partial charge in [-0.1, -0.05) is 0 Å². The van der Waals surface area contributed by atoms with Crippen molar-refractivity contribution >= 4 is 6.09 Å². The number of likely N-dealkylation sites (N-methyl/N-ethyl adjacent to an activating group) is 1. The van der Waals surface area contributed by atoms with Crippen LogP contribution in [0.25, 0.3) is 0 Å². The van der Waals surface area contributed by atoms with Crippen molar-refractivity contribution in [1.29, 1.82) is 0 Å². The lowest BCUT2D eigenvalue weighted by molar-refractivity contribution is 0.00973. The third-order valence-corrected chi connectivity index (χ3v) is 2.55. The molecule has 1 aliphatic rings. The molecule has 0 bridgehead atoms. The Balaban J connectivity index is 2.55. The van der Waals surface area contributed by atoms with Crippen molar-refractivity contribution in [2.45, 2.75) is 45.0 Å². The molecule has 0 aromatic heterocycles. The van der Waals surface area contributed by atoms with Crippen LogP contribution in [0.15, 0.2) is 0 Å². The van der Waals surface area contributed by atoms with Crippen molar-refractivity contribution in [1.82, 2.24) is 10.2 Å². The van der Waals surface area contributed by atoms with Crippen molar-refractivity contribution in [2.24, 2.45) is 0 Å². The zero-order valence-corrected chi connectivity index (χ0v) is 10.4. The first-order chi connectivity index (χ1) is 7.31. The molecule has 2 atom stereocenters. The summed E-state index contributed by atoms with van der Waals surface area (Å²) in [4.78, 5) is 13.1. The SMILES string of the molecule is CN(C(=O)OC(C)(C)C)C1CNCCC1F. The quantitative estimate of drug-likeness (QED) is 0.746. The average Bonchev–Trinajstić information content (AvgIpc) is 2.15. The molecule has 5 heteroatoms. The maximum Gasteiger partial charge on any atom is 0.410 e. The van der Waals surface area contributed by atoms with Gasteiger partial charge in [-0.05, 0) is 33.7 Å². The number of alkyl halides is 1. The van der Waals surface area contributed by atoms with Gasteiger partial charge in [0.15, 0.2) is 0 Å². The van der Waals surface area contributed by atoms with E-state index in [1.54, 1.807) is 27.8 Å². The van der Waals surface area contributed by atoms with Crippen LogP contribution in [0.1, 0.15) is 27.2 Å². The molecule has 1 heterocycles. The highest BCUT2D eigenvalue weighted by molar-refractivity contribution is 5.68. The molecule has 1 rings (SSSR count). The zero-order chi connectivity index (χ0) is 12.3. The Morgan fingerprint density at radius 1 is 1.50 bits per heavy atom.